The quantitative estimate of drug-likeness (QED) is 0.436. The molecule has 1 aliphatic rings. The minimum atomic E-state index is -0.396. The summed E-state index contributed by atoms with van der Waals surface area (Å²) in [6.07, 6.45) is 0.698. The van der Waals surface area contributed by atoms with Crippen LogP contribution < -0.4 is 5.32 Å². The number of pyridine rings is 1. The van der Waals surface area contributed by atoms with Crippen molar-refractivity contribution >= 4 is 33.8 Å². The molecule has 0 aliphatic carbocycles. The summed E-state index contributed by atoms with van der Waals surface area (Å²) in [6, 6.07) is 13.3. The van der Waals surface area contributed by atoms with E-state index < -0.39 is 5.82 Å². The van der Waals surface area contributed by atoms with E-state index in [1.54, 1.807) is 11.0 Å². The van der Waals surface area contributed by atoms with E-state index in [0.29, 0.717) is 41.6 Å². The molecule has 0 radical (unpaired) electrons. The summed E-state index contributed by atoms with van der Waals surface area (Å²) in [4.78, 5) is 39.4. The fourth-order valence-electron chi connectivity index (χ4n) is 4.28. The molecule has 0 saturated carbocycles. The number of imidazole rings is 1. The van der Waals surface area contributed by atoms with Gasteiger partial charge in [0.25, 0.3) is 11.8 Å². The Morgan fingerprint density at radius 3 is 2.85 bits per heavy atom. The summed E-state index contributed by atoms with van der Waals surface area (Å²) in [5.74, 6) is -0.788. The maximum Gasteiger partial charge on any atom is 0.289 e. The van der Waals surface area contributed by atoms with Crippen molar-refractivity contribution in [1.82, 2.24) is 25.2 Å². The average Bonchev–Trinajstić information content (AvgIpc) is 3.48. The van der Waals surface area contributed by atoms with Crippen molar-refractivity contribution in [2.75, 3.05) is 26.2 Å². The molecule has 0 bridgehead atoms. The Morgan fingerprint density at radius 2 is 2.00 bits per heavy atom. The molecule has 1 saturated heterocycles. The Bertz CT molecular complexity index is 1370. The molecule has 1 atom stereocenters. The predicted octanol–water partition coefficient (Wildman–Crippen LogP) is 2.60. The predicted molar refractivity (Wildman–Crippen MR) is 120 cm³/mol. The fourth-order valence-corrected chi connectivity index (χ4v) is 4.28. The van der Waals surface area contributed by atoms with Gasteiger partial charge in [-0.1, -0.05) is 18.2 Å². The number of nitrogens with zero attached hydrogens (tertiary/aromatic N) is 3. The molecule has 2 aromatic heterocycles. The van der Waals surface area contributed by atoms with Gasteiger partial charge in [0.15, 0.2) is 5.82 Å². The van der Waals surface area contributed by atoms with Crippen molar-refractivity contribution < 1.29 is 19.1 Å². The highest BCUT2D eigenvalue weighted by atomic mass is 19.1. The number of para-hydroxylation sites is 1. The number of carbonyl (C=O) groups excluding carboxylic acids is 2. The van der Waals surface area contributed by atoms with Crippen molar-refractivity contribution in [3.63, 3.8) is 0 Å². The molecule has 1 aliphatic heterocycles. The Balaban J connectivity index is 1.40. The molecular weight excluding hydrogens is 425 g/mol. The maximum atomic E-state index is 13.5. The van der Waals surface area contributed by atoms with Gasteiger partial charge in [-0.2, -0.15) is 0 Å². The number of halogens is 1. The molecule has 33 heavy (non-hydrogen) atoms. The number of fused-ring (bicyclic) bond motifs is 2. The first-order valence-electron chi connectivity index (χ1n) is 10.8. The van der Waals surface area contributed by atoms with Crippen LogP contribution in [0.5, 0.6) is 0 Å². The molecule has 0 spiro atoms. The molecule has 5 rings (SSSR count). The number of hydrogen-bond acceptors (Lipinski definition) is 5. The smallest absolute Gasteiger partial charge is 0.289 e. The third-order valence-electron chi connectivity index (χ3n) is 5.92. The van der Waals surface area contributed by atoms with E-state index in [2.05, 4.69) is 15.3 Å². The van der Waals surface area contributed by atoms with E-state index in [9.17, 15) is 14.0 Å². The van der Waals surface area contributed by atoms with Crippen molar-refractivity contribution in [3.05, 3.63) is 71.4 Å². The molecule has 3 heterocycles. The van der Waals surface area contributed by atoms with Crippen LogP contribution in [0.2, 0.25) is 0 Å². The van der Waals surface area contributed by atoms with Gasteiger partial charge >= 0.3 is 0 Å². The highest BCUT2D eigenvalue weighted by Gasteiger charge is 2.31. The second kappa shape index (κ2) is 8.59. The van der Waals surface area contributed by atoms with Crippen LogP contribution >= 0.6 is 0 Å². The van der Waals surface area contributed by atoms with Crippen LogP contribution in [0.25, 0.3) is 21.9 Å². The van der Waals surface area contributed by atoms with Crippen molar-refractivity contribution in [2.45, 2.75) is 12.3 Å². The normalized spacial score (nSPS) is 15.9. The Labute approximate surface area is 188 Å². The highest BCUT2D eigenvalue weighted by molar-refractivity contribution is 6.06. The first-order valence-corrected chi connectivity index (χ1v) is 10.8. The highest BCUT2D eigenvalue weighted by Crippen LogP contribution is 2.30. The number of aliphatic hydroxyl groups is 1. The Hall–Kier alpha value is -3.85. The Morgan fingerprint density at radius 1 is 1.15 bits per heavy atom. The van der Waals surface area contributed by atoms with Crippen LogP contribution in [0.15, 0.2) is 48.5 Å². The van der Waals surface area contributed by atoms with Gasteiger partial charge in [0.2, 0.25) is 0 Å². The van der Waals surface area contributed by atoms with Crippen LogP contribution in [0, 0.1) is 5.82 Å². The van der Waals surface area contributed by atoms with Gasteiger partial charge in [0, 0.05) is 36.6 Å². The molecule has 9 heteroatoms. The van der Waals surface area contributed by atoms with Crippen molar-refractivity contribution in [3.8, 4) is 0 Å². The molecule has 2 amide bonds. The van der Waals surface area contributed by atoms with Gasteiger partial charge in [-0.05, 0) is 36.8 Å². The summed E-state index contributed by atoms with van der Waals surface area (Å²) in [6.45, 7) is 0.983. The first kappa shape index (κ1) is 21.0. The lowest BCUT2D eigenvalue weighted by Gasteiger charge is -2.16. The lowest BCUT2D eigenvalue weighted by Crippen LogP contribution is -2.29. The van der Waals surface area contributed by atoms with Gasteiger partial charge in [-0.15, -0.1) is 0 Å². The number of aromatic amines is 1. The zero-order valence-corrected chi connectivity index (χ0v) is 17.7. The van der Waals surface area contributed by atoms with Crippen LogP contribution in [0.1, 0.15) is 39.0 Å². The van der Waals surface area contributed by atoms with Gasteiger partial charge in [-0.25, -0.2) is 9.37 Å². The third-order valence-corrected chi connectivity index (χ3v) is 5.92. The van der Waals surface area contributed by atoms with Gasteiger partial charge in [-0.3, -0.25) is 14.6 Å². The topological polar surface area (TPSA) is 111 Å². The molecule has 2 aromatic carbocycles. The summed E-state index contributed by atoms with van der Waals surface area (Å²) in [5.41, 5.74) is 2.94. The van der Waals surface area contributed by atoms with Gasteiger partial charge in [0.05, 0.1) is 28.7 Å². The maximum absolute atomic E-state index is 13.5. The standard InChI is InChI=1S/C24H22FN5O3/c25-15-5-6-19-21(11-15)29-22(28-19)24(33)30-9-7-14(13-30)20-12-17(23(32)26-8-10-31)16-3-1-2-4-18(16)27-20/h1-6,11-12,14,31H,7-10,13H2,(H,26,32)(H,28,29)/t14-/m1/s1. The molecule has 8 nitrogen and oxygen atoms in total. The van der Waals surface area contributed by atoms with E-state index in [4.69, 9.17) is 10.1 Å². The van der Waals surface area contributed by atoms with Gasteiger partial charge in [0.1, 0.15) is 5.82 Å². The van der Waals surface area contributed by atoms with Crippen molar-refractivity contribution in [2.24, 2.45) is 0 Å². The SMILES string of the molecule is O=C(NCCO)c1cc([C@@H]2CCN(C(=O)c3nc4ccc(F)cc4[nH]3)C2)nc2ccccc12. The number of H-pyrrole nitrogens is 1. The number of carbonyl (C=O) groups is 2. The molecule has 0 unspecified atom stereocenters. The van der Waals surface area contributed by atoms with E-state index in [1.807, 2.05) is 24.3 Å². The van der Waals surface area contributed by atoms with Crippen LogP contribution in [-0.4, -0.2) is 63.0 Å². The molecular formula is C24H22FN5O3. The largest absolute Gasteiger partial charge is 0.395 e. The molecule has 168 valence electrons. The summed E-state index contributed by atoms with van der Waals surface area (Å²) in [7, 11) is 0. The lowest BCUT2D eigenvalue weighted by atomic mass is 9.99. The fraction of sp³-hybridized carbons (Fsp3) is 0.250. The summed E-state index contributed by atoms with van der Waals surface area (Å²) in [5, 5.41) is 12.5. The summed E-state index contributed by atoms with van der Waals surface area (Å²) >= 11 is 0. The zero-order valence-electron chi connectivity index (χ0n) is 17.7. The van der Waals surface area contributed by atoms with Gasteiger partial charge < -0.3 is 20.3 Å². The number of likely N-dealkylation sites (tertiary alicyclic amines) is 1. The molecule has 1 fully saturated rings. The molecule has 4 aromatic rings. The first-order chi connectivity index (χ1) is 16.0. The summed E-state index contributed by atoms with van der Waals surface area (Å²) < 4.78 is 13.5. The minimum absolute atomic E-state index is 0.0372. The third kappa shape index (κ3) is 4.03. The number of rotatable bonds is 5. The second-order valence-corrected chi connectivity index (χ2v) is 8.07. The monoisotopic (exact) mass is 447 g/mol. The van der Waals surface area contributed by atoms with E-state index in [1.165, 1.54) is 18.2 Å². The molecule has 3 N–H and O–H groups in total. The number of hydrogen-bond donors (Lipinski definition) is 3. The average molecular weight is 447 g/mol. The lowest BCUT2D eigenvalue weighted by molar-refractivity contribution is 0.0779. The number of nitrogens with one attached hydrogen (secondary N) is 2. The number of benzene rings is 2. The number of aliphatic hydroxyl groups excluding tert-OH is 1. The minimum Gasteiger partial charge on any atom is -0.395 e. The zero-order chi connectivity index (χ0) is 22.9. The van der Waals surface area contributed by atoms with E-state index in [-0.39, 0.29) is 36.7 Å². The second-order valence-electron chi connectivity index (χ2n) is 8.07. The van der Waals surface area contributed by atoms with E-state index in [0.717, 1.165) is 11.1 Å². The Kier molecular flexibility index (Phi) is 5.47. The van der Waals surface area contributed by atoms with Crippen LogP contribution in [-0.2, 0) is 0 Å². The van der Waals surface area contributed by atoms with Crippen LogP contribution in [0.4, 0.5) is 4.39 Å². The number of aromatic nitrogens is 3. The van der Waals surface area contributed by atoms with Crippen LogP contribution in [0.3, 0.4) is 0 Å². The number of amides is 2. The van der Waals surface area contributed by atoms with E-state index >= 15 is 0 Å². The van der Waals surface area contributed by atoms with Crippen molar-refractivity contribution in [1.29, 1.82) is 0 Å².